The maximum Gasteiger partial charge on any atom is 0.229 e. The van der Waals surface area contributed by atoms with Crippen molar-refractivity contribution in [2.24, 2.45) is 0 Å². The number of ether oxygens (including phenoxy) is 2. The van der Waals surface area contributed by atoms with E-state index in [0.29, 0.717) is 57.3 Å². The minimum Gasteiger partial charge on any atom is -0.381 e. The lowest BCUT2D eigenvalue weighted by atomic mass is 9.94. The third-order valence-electron chi connectivity index (χ3n) is 5.65. The molecule has 26 heavy (non-hydrogen) atoms. The Morgan fingerprint density at radius 1 is 1.27 bits per heavy atom. The van der Waals surface area contributed by atoms with Crippen LogP contribution in [0.4, 0.5) is 5.82 Å². The van der Waals surface area contributed by atoms with Crippen LogP contribution in [0.5, 0.6) is 0 Å². The summed E-state index contributed by atoms with van der Waals surface area (Å²) in [5.41, 5.74) is 0.578. The molecule has 0 amide bonds. The zero-order valence-corrected chi connectivity index (χ0v) is 16.5. The highest BCUT2D eigenvalue weighted by molar-refractivity contribution is 7.99. The standard InChI is InChI=1S/C17H24ClN3O4S/c1-12-11-25-9-6-21(12)15-10-14(19-16(18)20-15)17(4-7-24-8-5-17)26(22,23)13-2-3-13/h10,12-13H,2-9,11H2,1H3/p+1/t12-/m0/s1. The van der Waals surface area contributed by atoms with Crippen LogP contribution >= 0.6 is 11.6 Å². The molecule has 0 aromatic carbocycles. The molecule has 0 bridgehead atoms. The predicted octanol–water partition coefficient (Wildman–Crippen LogP) is 2.50. The van der Waals surface area contributed by atoms with Crippen LogP contribution in [-0.2, 0) is 28.6 Å². The molecule has 9 heteroatoms. The summed E-state index contributed by atoms with van der Waals surface area (Å²) >= 11 is 6.26. The van der Waals surface area contributed by atoms with E-state index in [9.17, 15) is 8.76 Å². The van der Waals surface area contributed by atoms with E-state index in [0.717, 1.165) is 12.8 Å². The molecule has 1 N–H and O–H groups in total. The summed E-state index contributed by atoms with van der Waals surface area (Å²) in [6.07, 6.45) is 2.54. The number of hydrogen-bond acceptors (Lipinski definition) is 6. The zero-order valence-electron chi connectivity index (χ0n) is 14.9. The van der Waals surface area contributed by atoms with Crippen LogP contribution in [-0.4, -0.2) is 58.8 Å². The van der Waals surface area contributed by atoms with Crippen molar-refractivity contribution in [3.8, 4) is 0 Å². The van der Waals surface area contributed by atoms with Crippen LogP contribution in [0.25, 0.3) is 0 Å². The zero-order chi connectivity index (χ0) is 18.4. The van der Waals surface area contributed by atoms with Crippen molar-refractivity contribution in [1.82, 2.24) is 9.97 Å². The summed E-state index contributed by atoms with van der Waals surface area (Å²) in [6, 6.07) is 2.02. The third-order valence-corrected chi connectivity index (χ3v) is 8.93. The van der Waals surface area contributed by atoms with Crippen LogP contribution < -0.4 is 4.90 Å². The summed E-state index contributed by atoms with van der Waals surface area (Å²) < 4.78 is 34.6. The molecule has 4 rings (SSSR count). The van der Waals surface area contributed by atoms with Gasteiger partial charge in [-0.1, -0.05) is 4.21 Å². The van der Waals surface area contributed by atoms with Gasteiger partial charge in [0, 0.05) is 38.3 Å². The van der Waals surface area contributed by atoms with Crippen molar-refractivity contribution in [1.29, 1.82) is 0 Å². The molecular weight excluding hydrogens is 378 g/mol. The minimum atomic E-state index is -3.10. The van der Waals surface area contributed by atoms with E-state index in [4.69, 9.17) is 21.1 Å². The molecule has 0 radical (unpaired) electrons. The van der Waals surface area contributed by atoms with Crippen LogP contribution in [0, 0.1) is 0 Å². The molecule has 3 aliphatic rings. The summed E-state index contributed by atoms with van der Waals surface area (Å²) in [4.78, 5) is 11.0. The highest BCUT2D eigenvalue weighted by atomic mass is 35.5. The molecule has 1 aromatic rings. The van der Waals surface area contributed by atoms with Crippen molar-refractivity contribution in [2.75, 3.05) is 37.9 Å². The van der Waals surface area contributed by atoms with E-state index in [1.165, 1.54) is 0 Å². The quantitative estimate of drug-likeness (QED) is 0.611. The van der Waals surface area contributed by atoms with E-state index < -0.39 is 15.0 Å². The maximum absolute atomic E-state index is 13.5. The van der Waals surface area contributed by atoms with Crippen LogP contribution in [0.3, 0.4) is 0 Å². The topological polar surface area (TPSA) is 84.8 Å². The molecule has 3 heterocycles. The Labute approximate surface area is 159 Å². The fraction of sp³-hybridized carbons (Fsp3) is 0.765. The molecule has 144 valence electrons. The first-order valence-electron chi connectivity index (χ1n) is 9.16. The van der Waals surface area contributed by atoms with Gasteiger partial charge in [0.05, 0.1) is 32.5 Å². The minimum absolute atomic E-state index is 0.119. The van der Waals surface area contributed by atoms with E-state index in [-0.39, 0.29) is 16.6 Å². The number of nitrogens with zero attached hydrogens (tertiary/aromatic N) is 3. The van der Waals surface area contributed by atoms with Gasteiger partial charge < -0.3 is 14.4 Å². The van der Waals surface area contributed by atoms with Gasteiger partial charge in [-0.25, -0.2) is 9.97 Å². The van der Waals surface area contributed by atoms with Gasteiger partial charge in [0.15, 0.2) is 5.25 Å². The van der Waals surface area contributed by atoms with E-state index in [1.807, 2.05) is 6.07 Å². The largest absolute Gasteiger partial charge is 0.381 e. The average molecular weight is 403 g/mol. The van der Waals surface area contributed by atoms with Crippen LogP contribution in [0.15, 0.2) is 6.07 Å². The number of anilines is 1. The second-order valence-electron chi connectivity index (χ2n) is 7.37. The van der Waals surface area contributed by atoms with E-state index in [2.05, 4.69) is 21.8 Å². The first kappa shape index (κ1) is 18.6. The van der Waals surface area contributed by atoms with Crippen molar-refractivity contribution in [3.63, 3.8) is 0 Å². The van der Waals surface area contributed by atoms with Crippen molar-refractivity contribution < 1.29 is 18.2 Å². The first-order valence-corrected chi connectivity index (χ1v) is 11.1. The Hall–Kier alpha value is -0.800. The first-order chi connectivity index (χ1) is 12.4. The normalized spacial score (nSPS) is 28.6. The van der Waals surface area contributed by atoms with Gasteiger partial charge in [0.25, 0.3) is 0 Å². The Morgan fingerprint density at radius 2 is 2.00 bits per heavy atom. The molecule has 1 aromatic heterocycles. The van der Waals surface area contributed by atoms with Crippen molar-refractivity contribution in [2.45, 2.75) is 48.6 Å². The van der Waals surface area contributed by atoms with E-state index in [1.54, 1.807) is 0 Å². The average Bonchev–Trinajstić information content (AvgIpc) is 3.48. The lowest BCUT2D eigenvalue weighted by molar-refractivity contribution is 0.0708. The summed E-state index contributed by atoms with van der Waals surface area (Å²) in [7, 11) is -3.10. The maximum atomic E-state index is 13.5. The van der Waals surface area contributed by atoms with Gasteiger partial charge in [0.2, 0.25) is 20.2 Å². The molecule has 0 spiro atoms. The van der Waals surface area contributed by atoms with Crippen molar-refractivity contribution in [3.05, 3.63) is 17.0 Å². The van der Waals surface area contributed by atoms with Crippen LogP contribution in [0.2, 0.25) is 5.28 Å². The summed E-state index contributed by atoms with van der Waals surface area (Å²) in [5.74, 6) is 0.702. The highest BCUT2D eigenvalue weighted by Gasteiger charge is 2.64. The van der Waals surface area contributed by atoms with Gasteiger partial charge in [-0.15, -0.1) is 0 Å². The molecule has 2 aliphatic heterocycles. The molecule has 1 saturated carbocycles. The molecule has 7 nitrogen and oxygen atoms in total. The van der Waals surface area contributed by atoms with E-state index >= 15 is 0 Å². The van der Waals surface area contributed by atoms with Gasteiger partial charge >= 0.3 is 0 Å². The Kier molecular flexibility index (Phi) is 4.98. The molecular formula is C17H25ClN3O4S+. The number of aromatic nitrogens is 2. The van der Waals surface area contributed by atoms with Gasteiger partial charge in [-0.05, 0) is 18.5 Å². The number of halogens is 1. The monoisotopic (exact) mass is 402 g/mol. The summed E-state index contributed by atoms with van der Waals surface area (Å²) in [6.45, 7) is 4.93. The smallest absolute Gasteiger partial charge is 0.229 e. The molecule has 3 fully saturated rings. The lowest BCUT2D eigenvalue weighted by Gasteiger charge is -2.37. The second-order valence-corrected chi connectivity index (χ2v) is 10.3. The fourth-order valence-electron chi connectivity index (χ4n) is 3.96. The SMILES string of the molecule is C[C@H]1COCCN1c1cc(C2([S+](=O)(O)C3CC3)CCOCC2)nc(Cl)n1. The number of morpholine rings is 1. The Balaban J connectivity index is 1.77. The Morgan fingerprint density at radius 3 is 2.65 bits per heavy atom. The molecule has 2 saturated heterocycles. The number of rotatable bonds is 4. The summed E-state index contributed by atoms with van der Waals surface area (Å²) in [5, 5.41) is -0.0341. The third kappa shape index (κ3) is 3.16. The number of hydrogen-bond donors (Lipinski definition) is 1. The van der Waals surface area contributed by atoms with Crippen LogP contribution in [0.1, 0.15) is 38.3 Å². The van der Waals surface area contributed by atoms with Gasteiger partial charge in [0.1, 0.15) is 11.5 Å². The fourth-order valence-corrected chi connectivity index (χ4v) is 6.71. The predicted molar refractivity (Wildman–Crippen MR) is 100 cm³/mol. The van der Waals surface area contributed by atoms with Gasteiger partial charge in [-0.2, -0.15) is 4.55 Å². The second kappa shape index (κ2) is 6.98. The molecule has 1 unspecified atom stereocenters. The highest BCUT2D eigenvalue weighted by Crippen LogP contribution is 2.50. The van der Waals surface area contributed by atoms with Gasteiger partial charge in [-0.3, -0.25) is 0 Å². The Bertz CT molecular complexity index is 724. The van der Waals surface area contributed by atoms with Crippen molar-refractivity contribution >= 4 is 27.6 Å². The lowest BCUT2D eigenvalue weighted by Crippen LogP contribution is -2.48. The molecule has 2 atom stereocenters. The molecule has 1 aliphatic carbocycles.